The molecule has 0 aliphatic carbocycles. The monoisotopic (exact) mass is 373 g/mol. The van der Waals surface area contributed by atoms with E-state index < -0.39 is 12.0 Å². The van der Waals surface area contributed by atoms with E-state index >= 15 is 0 Å². The summed E-state index contributed by atoms with van der Waals surface area (Å²) >= 11 is 3.06. The zero-order valence-corrected chi connectivity index (χ0v) is 14.7. The molecule has 128 valence electrons. The van der Waals surface area contributed by atoms with E-state index in [0.29, 0.717) is 11.5 Å². The second-order valence-electron chi connectivity index (χ2n) is 5.81. The Kier molecular flexibility index (Phi) is 4.18. The van der Waals surface area contributed by atoms with Gasteiger partial charge in [-0.3, -0.25) is 14.7 Å². The highest BCUT2D eigenvalue weighted by molar-refractivity contribution is 8.01. The van der Waals surface area contributed by atoms with Crippen molar-refractivity contribution in [1.29, 1.82) is 0 Å². The lowest BCUT2D eigenvalue weighted by Gasteiger charge is -2.48. The van der Waals surface area contributed by atoms with E-state index in [0.717, 1.165) is 21.4 Å². The van der Waals surface area contributed by atoms with Gasteiger partial charge in [0.25, 0.3) is 0 Å². The lowest BCUT2D eigenvalue weighted by molar-refractivity contribution is -0.147. The third-order valence-electron chi connectivity index (χ3n) is 4.29. The number of carbonyl (C=O) groups is 2. The van der Waals surface area contributed by atoms with Crippen LogP contribution >= 0.6 is 23.5 Å². The summed E-state index contributed by atoms with van der Waals surface area (Å²) in [6, 6.07) is 9.21. The topological polar surface area (TPSA) is 96.5 Å². The highest BCUT2D eigenvalue weighted by Gasteiger charge is 2.51. The molecule has 25 heavy (non-hydrogen) atoms. The molecule has 1 amide bonds. The molecular weight excluding hydrogens is 358 g/mol. The van der Waals surface area contributed by atoms with E-state index in [2.05, 4.69) is 4.98 Å². The van der Waals surface area contributed by atoms with Crippen molar-refractivity contribution in [2.24, 2.45) is 5.73 Å². The predicted molar refractivity (Wildman–Crippen MR) is 98.2 cm³/mol. The summed E-state index contributed by atoms with van der Waals surface area (Å²) in [6.45, 7) is 0. The molecule has 3 N–H and O–H groups in total. The molecule has 2 aromatic rings. The van der Waals surface area contributed by atoms with Crippen molar-refractivity contribution in [2.45, 2.75) is 16.3 Å². The molecule has 0 saturated carbocycles. The van der Waals surface area contributed by atoms with Crippen molar-refractivity contribution in [3.8, 4) is 0 Å². The average molecular weight is 373 g/mol. The van der Waals surface area contributed by atoms with Gasteiger partial charge in [-0.1, -0.05) is 18.2 Å². The molecule has 1 aromatic heterocycles. The second-order valence-corrected chi connectivity index (χ2v) is 7.94. The summed E-state index contributed by atoms with van der Waals surface area (Å²) < 4.78 is 0. The number of rotatable bonds is 4. The molecule has 0 bridgehead atoms. The summed E-state index contributed by atoms with van der Waals surface area (Å²) in [5.41, 5.74) is 7.51. The van der Waals surface area contributed by atoms with Gasteiger partial charge in [-0.25, -0.2) is 4.79 Å². The standard InChI is InChI=1S/C17H15N3O3S2/c18-12-15(21)20-14(17(22)23)10(8-25-16(12)20)7-24-11-5-1-3-9-4-2-6-19-13(9)11/h1-6,12,16H,7-8,18H2,(H,22,23). The fourth-order valence-electron chi connectivity index (χ4n) is 3.05. The van der Waals surface area contributed by atoms with Gasteiger partial charge >= 0.3 is 5.97 Å². The minimum atomic E-state index is -1.07. The molecule has 8 heteroatoms. The Morgan fingerprint density at radius 1 is 1.40 bits per heavy atom. The quantitative estimate of drug-likeness (QED) is 0.624. The third-order valence-corrected chi connectivity index (χ3v) is 6.78. The first kappa shape index (κ1) is 16.4. The maximum absolute atomic E-state index is 12.0. The maximum atomic E-state index is 12.0. The number of para-hydroxylation sites is 1. The van der Waals surface area contributed by atoms with Gasteiger partial charge in [0.05, 0.1) is 5.52 Å². The highest BCUT2D eigenvalue weighted by atomic mass is 32.2. The van der Waals surface area contributed by atoms with Gasteiger partial charge < -0.3 is 10.8 Å². The molecule has 3 heterocycles. The van der Waals surface area contributed by atoms with E-state index in [4.69, 9.17) is 5.73 Å². The number of β-lactam (4-membered cyclic amide) rings is 1. The predicted octanol–water partition coefficient (Wildman–Crippen LogP) is 1.91. The van der Waals surface area contributed by atoms with Crippen LogP contribution in [0.25, 0.3) is 10.9 Å². The molecule has 6 nitrogen and oxygen atoms in total. The fraction of sp³-hybridized carbons (Fsp3) is 0.235. The number of aliphatic carboxylic acids is 1. The number of hydrogen-bond acceptors (Lipinski definition) is 6. The number of nitrogens with zero attached hydrogens (tertiary/aromatic N) is 2. The zero-order valence-electron chi connectivity index (χ0n) is 13.1. The summed E-state index contributed by atoms with van der Waals surface area (Å²) in [7, 11) is 0. The van der Waals surface area contributed by atoms with Crippen LogP contribution in [-0.4, -0.2) is 49.8 Å². The summed E-state index contributed by atoms with van der Waals surface area (Å²) in [5.74, 6) is -0.327. The number of hydrogen-bond donors (Lipinski definition) is 2. The normalized spacial score (nSPS) is 22.8. The lowest BCUT2D eigenvalue weighted by Crippen LogP contribution is -2.68. The molecule has 2 unspecified atom stereocenters. The van der Waals surface area contributed by atoms with E-state index in [9.17, 15) is 14.7 Å². The first-order valence-corrected chi connectivity index (χ1v) is 9.73. The van der Waals surface area contributed by atoms with Gasteiger partial charge in [0.1, 0.15) is 17.1 Å². The minimum Gasteiger partial charge on any atom is -0.477 e. The maximum Gasteiger partial charge on any atom is 0.352 e. The Hall–Kier alpha value is -2.03. The number of thioether (sulfide) groups is 2. The van der Waals surface area contributed by atoms with E-state index in [1.54, 1.807) is 18.0 Å². The number of carbonyl (C=O) groups excluding carboxylic acids is 1. The number of nitrogens with two attached hydrogens (primary N) is 1. The number of pyridine rings is 1. The van der Waals surface area contributed by atoms with Crippen LogP contribution < -0.4 is 5.73 Å². The Bertz CT molecular complexity index is 910. The number of fused-ring (bicyclic) bond motifs is 2. The van der Waals surface area contributed by atoms with Gasteiger partial charge in [0, 0.05) is 28.0 Å². The zero-order chi connectivity index (χ0) is 17.6. The Morgan fingerprint density at radius 3 is 3.00 bits per heavy atom. The summed E-state index contributed by atoms with van der Waals surface area (Å²) in [6.07, 6.45) is 1.75. The molecule has 2 atom stereocenters. The Balaban J connectivity index is 1.63. The summed E-state index contributed by atoms with van der Waals surface area (Å²) in [5, 5.41) is 10.4. The molecule has 1 fully saturated rings. The second kappa shape index (κ2) is 6.36. The van der Waals surface area contributed by atoms with Crippen molar-refractivity contribution < 1.29 is 14.7 Å². The largest absolute Gasteiger partial charge is 0.477 e. The number of benzene rings is 1. The van der Waals surface area contributed by atoms with Crippen molar-refractivity contribution in [3.05, 3.63) is 47.8 Å². The SMILES string of the molecule is NC1C(=O)N2C(C(=O)O)=C(CSc3cccc4cccnc34)CSC12. The van der Waals surface area contributed by atoms with Crippen LogP contribution in [0.15, 0.2) is 52.7 Å². The van der Waals surface area contributed by atoms with Gasteiger partial charge in [0.2, 0.25) is 5.91 Å². The van der Waals surface area contributed by atoms with Crippen LogP contribution in [0.5, 0.6) is 0 Å². The molecular formula is C17H15N3O3S2. The number of carboxylic acid groups (broad SMARTS) is 1. The van der Waals surface area contributed by atoms with Crippen LogP contribution in [0.3, 0.4) is 0 Å². The van der Waals surface area contributed by atoms with Crippen LogP contribution in [0.1, 0.15) is 0 Å². The molecule has 4 rings (SSSR count). The van der Waals surface area contributed by atoms with E-state index in [1.807, 2.05) is 30.3 Å². The van der Waals surface area contributed by atoms with Crippen molar-refractivity contribution >= 4 is 46.3 Å². The molecule has 2 aliphatic heterocycles. The fourth-order valence-corrected chi connectivity index (χ4v) is 5.52. The number of carboxylic acids is 1. The molecule has 1 aromatic carbocycles. The van der Waals surface area contributed by atoms with Crippen LogP contribution in [0.2, 0.25) is 0 Å². The molecule has 0 radical (unpaired) electrons. The highest BCUT2D eigenvalue weighted by Crippen LogP contribution is 2.41. The smallest absolute Gasteiger partial charge is 0.352 e. The van der Waals surface area contributed by atoms with Gasteiger partial charge in [-0.15, -0.1) is 23.5 Å². The first-order valence-electron chi connectivity index (χ1n) is 7.70. The van der Waals surface area contributed by atoms with Crippen molar-refractivity contribution in [2.75, 3.05) is 11.5 Å². The minimum absolute atomic E-state index is 0.0937. The average Bonchev–Trinajstić information content (AvgIpc) is 2.64. The summed E-state index contributed by atoms with van der Waals surface area (Å²) in [4.78, 5) is 30.4. The van der Waals surface area contributed by atoms with E-state index in [1.165, 1.54) is 16.7 Å². The third kappa shape index (κ3) is 2.70. The van der Waals surface area contributed by atoms with Crippen LogP contribution in [0.4, 0.5) is 0 Å². The first-order chi connectivity index (χ1) is 12.1. The van der Waals surface area contributed by atoms with Crippen molar-refractivity contribution in [3.63, 3.8) is 0 Å². The van der Waals surface area contributed by atoms with Crippen LogP contribution in [-0.2, 0) is 9.59 Å². The molecule has 0 spiro atoms. The molecule has 2 aliphatic rings. The van der Waals surface area contributed by atoms with Crippen LogP contribution in [0, 0.1) is 0 Å². The van der Waals surface area contributed by atoms with Gasteiger partial charge in [0.15, 0.2) is 0 Å². The van der Waals surface area contributed by atoms with Gasteiger partial charge in [-0.05, 0) is 17.7 Å². The number of aromatic nitrogens is 1. The lowest BCUT2D eigenvalue weighted by atomic mass is 10.0. The Morgan fingerprint density at radius 2 is 2.20 bits per heavy atom. The van der Waals surface area contributed by atoms with Gasteiger partial charge in [-0.2, -0.15) is 0 Å². The van der Waals surface area contributed by atoms with Crippen molar-refractivity contribution in [1.82, 2.24) is 9.88 Å². The Labute approximate surface area is 152 Å². The number of amides is 1. The molecule has 1 saturated heterocycles. The van der Waals surface area contributed by atoms with E-state index in [-0.39, 0.29) is 17.0 Å².